The lowest BCUT2D eigenvalue weighted by Crippen LogP contribution is -2.41. The van der Waals surface area contributed by atoms with Gasteiger partial charge in [-0.05, 0) is 25.0 Å². The number of aliphatic imine (C=N–C) groups is 1. The first kappa shape index (κ1) is 18.3. The molecule has 0 unspecified atom stereocenters. The maximum absolute atomic E-state index is 12.0. The highest BCUT2D eigenvalue weighted by molar-refractivity contribution is 6.33. The molecular formula is C16H25ClN4O. The zero-order valence-corrected chi connectivity index (χ0v) is 14.2. The van der Waals surface area contributed by atoms with Crippen molar-refractivity contribution < 1.29 is 4.79 Å². The summed E-state index contributed by atoms with van der Waals surface area (Å²) in [6, 6.07) is 7.01. The number of nitrogens with one attached hydrogen (secondary N) is 3. The number of guanidine groups is 1. The van der Waals surface area contributed by atoms with E-state index in [4.69, 9.17) is 11.6 Å². The first-order chi connectivity index (χ1) is 10.5. The summed E-state index contributed by atoms with van der Waals surface area (Å²) in [6.07, 6.45) is 0. The van der Waals surface area contributed by atoms with Gasteiger partial charge in [-0.3, -0.25) is 9.79 Å². The summed E-state index contributed by atoms with van der Waals surface area (Å²) < 4.78 is 0. The molecule has 5 nitrogen and oxygen atoms in total. The number of hydrogen-bond acceptors (Lipinski definition) is 2. The van der Waals surface area contributed by atoms with Crippen LogP contribution in [-0.4, -0.2) is 38.0 Å². The number of carbonyl (C=O) groups is 1. The molecule has 0 aliphatic carbocycles. The summed E-state index contributed by atoms with van der Waals surface area (Å²) in [7, 11) is 0. The van der Waals surface area contributed by atoms with Crippen LogP contribution in [0.3, 0.4) is 0 Å². The molecule has 122 valence electrons. The quantitative estimate of drug-likeness (QED) is 0.409. The van der Waals surface area contributed by atoms with Crippen molar-refractivity contribution in [1.29, 1.82) is 0 Å². The number of hydrogen-bond donors (Lipinski definition) is 3. The van der Waals surface area contributed by atoms with Crippen molar-refractivity contribution in [2.24, 2.45) is 10.9 Å². The SMILES string of the molecule is CCNC(=NCC(C)C)NCCNC(=O)c1ccccc1Cl. The molecular weight excluding hydrogens is 300 g/mol. The minimum absolute atomic E-state index is 0.170. The van der Waals surface area contributed by atoms with E-state index < -0.39 is 0 Å². The second-order valence-electron chi connectivity index (χ2n) is 5.28. The zero-order valence-electron chi connectivity index (χ0n) is 13.4. The summed E-state index contributed by atoms with van der Waals surface area (Å²) in [5.41, 5.74) is 0.490. The van der Waals surface area contributed by atoms with Crippen molar-refractivity contribution >= 4 is 23.5 Å². The molecule has 6 heteroatoms. The van der Waals surface area contributed by atoms with E-state index in [1.165, 1.54) is 0 Å². The molecule has 0 bridgehead atoms. The molecule has 1 rings (SSSR count). The molecule has 3 N–H and O–H groups in total. The fourth-order valence-corrected chi connectivity index (χ4v) is 1.93. The minimum Gasteiger partial charge on any atom is -0.357 e. The molecule has 0 aliphatic rings. The van der Waals surface area contributed by atoms with Crippen LogP contribution in [0.5, 0.6) is 0 Å². The van der Waals surface area contributed by atoms with Crippen LogP contribution >= 0.6 is 11.6 Å². The Balaban J connectivity index is 2.38. The van der Waals surface area contributed by atoms with Gasteiger partial charge in [-0.1, -0.05) is 37.6 Å². The van der Waals surface area contributed by atoms with E-state index in [1.54, 1.807) is 24.3 Å². The van der Waals surface area contributed by atoms with Gasteiger partial charge in [0.15, 0.2) is 5.96 Å². The molecule has 1 aromatic rings. The van der Waals surface area contributed by atoms with Crippen LogP contribution in [0, 0.1) is 5.92 Å². The van der Waals surface area contributed by atoms with Crippen molar-refractivity contribution in [3.8, 4) is 0 Å². The van der Waals surface area contributed by atoms with Crippen LogP contribution in [0.2, 0.25) is 5.02 Å². The molecule has 0 aromatic heterocycles. The molecule has 0 fully saturated rings. The summed E-state index contributed by atoms with van der Waals surface area (Å²) in [5, 5.41) is 9.65. The third-order valence-corrected chi connectivity index (χ3v) is 3.11. The number of rotatable bonds is 7. The van der Waals surface area contributed by atoms with Gasteiger partial charge >= 0.3 is 0 Å². The van der Waals surface area contributed by atoms with E-state index >= 15 is 0 Å². The highest BCUT2D eigenvalue weighted by Crippen LogP contribution is 2.14. The fourth-order valence-electron chi connectivity index (χ4n) is 1.71. The van der Waals surface area contributed by atoms with Crippen LogP contribution in [-0.2, 0) is 0 Å². The maximum Gasteiger partial charge on any atom is 0.252 e. The predicted octanol–water partition coefficient (Wildman–Crippen LogP) is 2.28. The van der Waals surface area contributed by atoms with E-state index in [0.717, 1.165) is 19.0 Å². The molecule has 0 heterocycles. The monoisotopic (exact) mass is 324 g/mol. The number of nitrogens with zero attached hydrogens (tertiary/aromatic N) is 1. The molecule has 1 amide bonds. The smallest absolute Gasteiger partial charge is 0.252 e. The molecule has 0 radical (unpaired) electrons. The summed E-state index contributed by atoms with van der Waals surface area (Å²) >= 11 is 5.99. The van der Waals surface area contributed by atoms with Gasteiger partial charge in [0.2, 0.25) is 0 Å². The summed E-state index contributed by atoms with van der Waals surface area (Å²) in [6.45, 7) is 8.92. The van der Waals surface area contributed by atoms with Crippen LogP contribution in [0.1, 0.15) is 31.1 Å². The Kier molecular flexibility index (Phi) is 8.36. The van der Waals surface area contributed by atoms with Crippen molar-refractivity contribution in [3.05, 3.63) is 34.9 Å². The van der Waals surface area contributed by atoms with Gasteiger partial charge in [-0.2, -0.15) is 0 Å². The summed E-state index contributed by atoms with van der Waals surface area (Å²) in [4.78, 5) is 16.4. The average molecular weight is 325 g/mol. The van der Waals surface area contributed by atoms with E-state index in [1.807, 2.05) is 6.92 Å². The first-order valence-electron chi connectivity index (χ1n) is 7.59. The van der Waals surface area contributed by atoms with Crippen molar-refractivity contribution in [2.75, 3.05) is 26.2 Å². The van der Waals surface area contributed by atoms with Gasteiger partial charge in [0, 0.05) is 26.2 Å². The van der Waals surface area contributed by atoms with Gasteiger partial charge in [0.25, 0.3) is 5.91 Å². The number of halogens is 1. The molecule has 0 saturated heterocycles. The minimum atomic E-state index is -0.170. The molecule has 0 spiro atoms. The van der Waals surface area contributed by atoms with Gasteiger partial charge in [0.05, 0.1) is 10.6 Å². The predicted molar refractivity (Wildman–Crippen MR) is 92.6 cm³/mol. The van der Waals surface area contributed by atoms with Gasteiger partial charge in [0.1, 0.15) is 0 Å². The molecule has 0 atom stereocenters. The van der Waals surface area contributed by atoms with Crippen molar-refractivity contribution in [2.45, 2.75) is 20.8 Å². The Morgan fingerprint density at radius 3 is 2.50 bits per heavy atom. The fraction of sp³-hybridized carbons (Fsp3) is 0.500. The third kappa shape index (κ3) is 6.80. The summed E-state index contributed by atoms with van der Waals surface area (Å²) in [5.74, 6) is 1.11. The highest BCUT2D eigenvalue weighted by atomic mass is 35.5. The Morgan fingerprint density at radius 2 is 1.86 bits per heavy atom. The van der Waals surface area contributed by atoms with Crippen molar-refractivity contribution in [3.63, 3.8) is 0 Å². The van der Waals surface area contributed by atoms with Crippen LogP contribution < -0.4 is 16.0 Å². The van der Waals surface area contributed by atoms with E-state index in [2.05, 4.69) is 34.8 Å². The number of benzene rings is 1. The highest BCUT2D eigenvalue weighted by Gasteiger charge is 2.08. The maximum atomic E-state index is 12.0. The van der Waals surface area contributed by atoms with E-state index in [0.29, 0.717) is 29.6 Å². The Hall–Kier alpha value is -1.75. The lowest BCUT2D eigenvalue weighted by molar-refractivity contribution is 0.0954. The Morgan fingerprint density at radius 1 is 1.18 bits per heavy atom. The largest absolute Gasteiger partial charge is 0.357 e. The number of carbonyl (C=O) groups excluding carboxylic acids is 1. The third-order valence-electron chi connectivity index (χ3n) is 2.78. The van der Waals surface area contributed by atoms with E-state index in [-0.39, 0.29) is 5.91 Å². The first-order valence-corrected chi connectivity index (χ1v) is 7.97. The Bertz CT molecular complexity index is 503. The standard InChI is InChI=1S/C16H25ClN4O/c1-4-18-16(21-11-12(2)3)20-10-9-19-15(22)13-7-5-6-8-14(13)17/h5-8,12H,4,9-11H2,1-3H3,(H,19,22)(H2,18,20,21). The van der Waals surface area contributed by atoms with Gasteiger partial charge in [-0.25, -0.2) is 0 Å². The lowest BCUT2D eigenvalue weighted by atomic mass is 10.2. The van der Waals surface area contributed by atoms with Gasteiger partial charge < -0.3 is 16.0 Å². The van der Waals surface area contributed by atoms with E-state index in [9.17, 15) is 4.79 Å². The van der Waals surface area contributed by atoms with Crippen LogP contribution in [0.25, 0.3) is 0 Å². The topological polar surface area (TPSA) is 65.5 Å². The molecule has 0 saturated carbocycles. The molecule has 22 heavy (non-hydrogen) atoms. The molecule has 0 aliphatic heterocycles. The number of amides is 1. The second kappa shape index (κ2) is 10.1. The normalized spacial score (nSPS) is 11.4. The average Bonchev–Trinajstić information content (AvgIpc) is 2.49. The second-order valence-corrected chi connectivity index (χ2v) is 5.68. The lowest BCUT2D eigenvalue weighted by Gasteiger charge is -2.12. The van der Waals surface area contributed by atoms with Gasteiger partial charge in [-0.15, -0.1) is 0 Å². The Labute approximate surface area is 137 Å². The molecule has 1 aromatic carbocycles. The van der Waals surface area contributed by atoms with Crippen LogP contribution in [0.4, 0.5) is 0 Å². The van der Waals surface area contributed by atoms with Crippen LogP contribution in [0.15, 0.2) is 29.3 Å². The van der Waals surface area contributed by atoms with Crippen molar-refractivity contribution in [1.82, 2.24) is 16.0 Å². The zero-order chi connectivity index (χ0) is 16.4.